The number of hydrogen-bond donors (Lipinski definition) is 1. The van der Waals surface area contributed by atoms with E-state index >= 15 is 0 Å². The standard InChI is InChI=1S/C10H13ClFNOS/c1-7(5-13)15(14)6-8-3-2-4-9(12)10(8)11/h2-4,7H,5-6,13H2,1H3. The minimum absolute atomic E-state index is 0.0510. The van der Waals surface area contributed by atoms with Crippen LogP contribution in [0.5, 0.6) is 0 Å². The van der Waals surface area contributed by atoms with Crippen LogP contribution in [0.4, 0.5) is 4.39 Å². The zero-order chi connectivity index (χ0) is 11.4. The fourth-order valence-corrected chi connectivity index (χ4v) is 2.38. The number of rotatable bonds is 4. The van der Waals surface area contributed by atoms with E-state index in [0.29, 0.717) is 12.1 Å². The van der Waals surface area contributed by atoms with Crippen molar-refractivity contribution in [2.24, 2.45) is 5.73 Å². The van der Waals surface area contributed by atoms with Crippen molar-refractivity contribution in [3.05, 3.63) is 34.6 Å². The Hall–Kier alpha value is -0.450. The van der Waals surface area contributed by atoms with Gasteiger partial charge in [0.25, 0.3) is 0 Å². The summed E-state index contributed by atoms with van der Waals surface area (Å²) in [7, 11) is -1.11. The zero-order valence-electron chi connectivity index (χ0n) is 8.37. The van der Waals surface area contributed by atoms with Crippen molar-refractivity contribution in [3.63, 3.8) is 0 Å². The molecule has 0 aliphatic heterocycles. The van der Waals surface area contributed by atoms with E-state index in [4.69, 9.17) is 17.3 Å². The van der Waals surface area contributed by atoms with Gasteiger partial charge in [0.05, 0.1) is 10.8 Å². The predicted molar refractivity (Wildman–Crippen MR) is 61.8 cm³/mol. The van der Waals surface area contributed by atoms with Crippen molar-refractivity contribution in [1.29, 1.82) is 0 Å². The molecular weight excluding hydrogens is 237 g/mol. The summed E-state index contributed by atoms with van der Waals surface area (Å²) in [6, 6.07) is 4.51. The SMILES string of the molecule is CC(CN)S(=O)Cc1cccc(F)c1Cl. The van der Waals surface area contributed by atoms with Gasteiger partial charge in [0.2, 0.25) is 0 Å². The minimum Gasteiger partial charge on any atom is -0.329 e. The Labute approximate surface area is 96.1 Å². The van der Waals surface area contributed by atoms with E-state index in [-0.39, 0.29) is 16.0 Å². The van der Waals surface area contributed by atoms with Crippen molar-refractivity contribution < 1.29 is 8.60 Å². The molecule has 5 heteroatoms. The molecule has 15 heavy (non-hydrogen) atoms. The van der Waals surface area contributed by atoms with E-state index in [9.17, 15) is 8.60 Å². The van der Waals surface area contributed by atoms with Gasteiger partial charge in [-0.05, 0) is 18.6 Å². The molecule has 0 saturated carbocycles. The van der Waals surface area contributed by atoms with Crippen molar-refractivity contribution in [1.82, 2.24) is 0 Å². The lowest BCUT2D eigenvalue weighted by Gasteiger charge is -2.09. The largest absolute Gasteiger partial charge is 0.329 e. The highest BCUT2D eigenvalue weighted by atomic mass is 35.5. The molecule has 0 bridgehead atoms. The predicted octanol–water partition coefficient (Wildman–Crippen LogP) is 2.08. The minimum atomic E-state index is -1.11. The summed E-state index contributed by atoms with van der Waals surface area (Å²) < 4.78 is 24.7. The summed E-state index contributed by atoms with van der Waals surface area (Å²) in [4.78, 5) is 0. The number of halogens is 2. The van der Waals surface area contributed by atoms with Crippen LogP contribution in [-0.4, -0.2) is 16.0 Å². The summed E-state index contributed by atoms with van der Waals surface area (Å²) in [5.74, 6) is -0.235. The van der Waals surface area contributed by atoms with Gasteiger partial charge in [0.15, 0.2) is 0 Å². The Morgan fingerprint density at radius 3 is 2.87 bits per heavy atom. The molecule has 0 aliphatic rings. The van der Waals surface area contributed by atoms with Crippen LogP contribution in [0.15, 0.2) is 18.2 Å². The highest BCUT2D eigenvalue weighted by Crippen LogP contribution is 2.21. The van der Waals surface area contributed by atoms with Crippen LogP contribution in [-0.2, 0) is 16.6 Å². The number of nitrogens with two attached hydrogens (primary N) is 1. The van der Waals surface area contributed by atoms with E-state index in [1.54, 1.807) is 19.1 Å². The summed E-state index contributed by atoms with van der Waals surface area (Å²) in [5.41, 5.74) is 5.96. The molecule has 2 unspecified atom stereocenters. The smallest absolute Gasteiger partial charge is 0.142 e. The van der Waals surface area contributed by atoms with Gasteiger partial charge in [0, 0.05) is 22.6 Å². The third-order valence-corrected chi connectivity index (χ3v) is 4.22. The first-order valence-corrected chi connectivity index (χ1v) is 6.32. The van der Waals surface area contributed by atoms with Crippen LogP contribution in [0.3, 0.4) is 0 Å². The Kier molecular flexibility index (Phi) is 4.70. The normalized spacial score (nSPS) is 14.9. The second kappa shape index (κ2) is 5.58. The molecule has 1 aromatic rings. The zero-order valence-corrected chi connectivity index (χ0v) is 9.95. The Balaban J connectivity index is 2.81. The molecular formula is C10H13ClFNOS. The Bertz CT molecular complexity index is 372. The second-order valence-electron chi connectivity index (χ2n) is 3.28. The van der Waals surface area contributed by atoms with Gasteiger partial charge < -0.3 is 5.73 Å². The molecule has 0 spiro atoms. The number of benzene rings is 1. The van der Waals surface area contributed by atoms with Crippen LogP contribution in [0.1, 0.15) is 12.5 Å². The molecule has 0 radical (unpaired) electrons. The van der Waals surface area contributed by atoms with E-state index < -0.39 is 16.6 Å². The lowest BCUT2D eigenvalue weighted by molar-refractivity contribution is 0.626. The van der Waals surface area contributed by atoms with Gasteiger partial charge in [0.1, 0.15) is 5.82 Å². The van der Waals surface area contributed by atoms with Gasteiger partial charge in [-0.25, -0.2) is 4.39 Å². The average Bonchev–Trinajstić information content (AvgIpc) is 2.23. The van der Waals surface area contributed by atoms with Crippen molar-refractivity contribution in [3.8, 4) is 0 Å². The summed E-state index contributed by atoms with van der Waals surface area (Å²) >= 11 is 5.74. The quantitative estimate of drug-likeness (QED) is 0.888. The molecule has 0 saturated heterocycles. The third kappa shape index (κ3) is 3.26. The Morgan fingerprint density at radius 1 is 1.60 bits per heavy atom. The topological polar surface area (TPSA) is 43.1 Å². The molecule has 2 atom stereocenters. The molecule has 0 fully saturated rings. The molecule has 84 valence electrons. The van der Waals surface area contributed by atoms with E-state index in [1.165, 1.54) is 6.07 Å². The van der Waals surface area contributed by atoms with Gasteiger partial charge >= 0.3 is 0 Å². The van der Waals surface area contributed by atoms with E-state index in [2.05, 4.69) is 0 Å². The van der Waals surface area contributed by atoms with Gasteiger partial charge in [-0.2, -0.15) is 0 Å². The summed E-state index contributed by atoms with van der Waals surface area (Å²) in [6.07, 6.45) is 0. The molecule has 0 aliphatic carbocycles. The van der Waals surface area contributed by atoms with E-state index in [1.807, 2.05) is 0 Å². The fourth-order valence-electron chi connectivity index (χ4n) is 1.06. The Morgan fingerprint density at radius 2 is 2.27 bits per heavy atom. The van der Waals surface area contributed by atoms with Crippen molar-refractivity contribution >= 4 is 22.4 Å². The molecule has 2 N–H and O–H groups in total. The molecule has 1 aromatic carbocycles. The first kappa shape index (κ1) is 12.6. The van der Waals surface area contributed by atoms with Gasteiger partial charge in [-0.1, -0.05) is 23.7 Å². The van der Waals surface area contributed by atoms with Crippen LogP contribution in [0, 0.1) is 5.82 Å². The maximum absolute atomic E-state index is 13.1. The molecule has 0 amide bonds. The highest BCUT2D eigenvalue weighted by molar-refractivity contribution is 7.84. The molecule has 2 nitrogen and oxygen atoms in total. The first-order chi connectivity index (χ1) is 7.06. The monoisotopic (exact) mass is 249 g/mol. The van der Waals surface area contributed by atoms with Gasteiger partial charge in [-0.15, -0.1) is 0 Å². The molecule has 1 rings (SSSR count). The van der Waals surface area contributed by atoms with Crippen LogP contribution < -0.4 is 5.73 Å². The van der Waals surface area contributed by atoms with Gasteiger partial charge in [-0.3, -0.25) is 4.21 Å². The van der Waals surface area contributed by atoms with Crippen LogP contribution in [0.2, 0.25) is 5.02 Å². The fraction of sp³-hybridized carbons (Fsp3) is 0.400. The lowest BCUT2D eigenvalue weighted by atomic mass is 10.2. The summed E-state index contributed by atoms with van der Waals surface area (Å²) in [6.45, 7) is 2.14. The lowest BCUT2D eigenvalue weighted by Crippen LogP contribution is -2.22. The molecule has 0 aromatic heterocycles. The second-order valence-corrected chi connectivity index (χ2v) is 5.52. The maximum atomic E-state index is 13.1. The first-order valence-electron chi connectivity index (χ1n) is 4.56. The molecule has 0 heterocycles. The third-order valence-electron chi connectivity index (χ3n) is 2.11. The number of hydrogen-bond acceptors (Lipinski definition) is 2. The summed E-state index contributed by atoms with van der Waals surface area (Å²) in [5, 5.41) is -0.0561. The average molecular weight is 250 g/mol. The highest BCUT2D eigenvalue weighted by Gasteiger charge is 2.13. The maximum Gasteiger partial charge on any atom is 0.142 e. The van der Waals surface area contributed by atoms with E-state index in [0.717, 1.165) is 0 Å². The van der Waals surface area contributed by atoms with Crippen LogP contribution >= 0.6 is 11.6 Å². The van der Waals surface area contributed by atoms with Crippen molar-refractivity contribution in [2.45, 2.75) is 17.9 Å². The van der Waals surface area contributed by atoms with Crippen LogP contribution in [0.25, 0.3) is 0 Å². The van der Waals surface area contributed by atoms with Crippen molar-refractivity contribution in [2.75, 3.05) is 6.54 Å².